The molecule has 0 unspecified atom stereocenters. The lowest BCUT2D eigenvalue weighted by Gasteiger charge is -2.09. The third kappa shape index (κ3) is 7.82. The van der Waals surface area contributed by atoms with Crippen LogP contribution in [0.25, 0.3) is 0 Å². The van der Waals surface area contributed by atoms with Crippen molar-refractivity contribution in [2.24, 2.45) is 0 Å². The topological polar surface area (TPSA) is 39.7 Å². The van der Waals surface area contributed by atoms with Crippen LogP contribution in [0.15, 0.2) is 24.3 Å². The molecule has 0 spiro atoms. The first-order valence-electron chi connectivity index (χ1n) is 6.88. The molecule has 0 amide bonds. The molecule has 0 fully saturated rings. The van der Waals surface area contributed by atoms with Crippen molar-refractivity contribution < 1.29 is 14.2 Å². The molecule has 4 heteroatoms. The molecule has 0 saturated heterocycles. The molecule has 0 heterocycles. The van der Waals surface area contributed by atoms with Crippen LogP contribution in [0.2, 0.25) is 0 Å². The third-order valence-corrected chi connectivity index (χ3v) is 2.50. The summed E-state index contributed by atoms with van der Waals surface area (Å²) in [5.74, 6) is 0.888. The quantitative estimate of drug-likeness (QED) is 0.624. The van der Waals surface area contributed by atoms with Gasteiger partial charge in [0.05, 0.1) is 19.8 Å². The van der Waals surface area contributed by atoms with Gasteiger partial charge in [-0.2, -0.15) is 0 Å². The standard InChI is InChI=1S/C15H25NO3/c1-3-7-17-8-9-18-10-11-19-15-6-4-5-14(12-15)13-16-2/h4-6,12,16H,3,7-11,13H2,1-2H3. The van der Waals surface area contributed by atoms with Crippen molar-refractivity contribution in [3.05, 3.63) is 29.8 Å². The summed E-state index contributed by atoms with van der Waals surface area (Å²) < 4.78 is 16.4. The Morgan fingerprint density at radius 2 is 1.74 bits per heavy atom. The summed E-state index contributed by atoms with van der Waals surface area (Å²) in [6.07, 6.45) is 1.05. The minimum absolute atomic E-state index is 0.566. The lowest BCUT2D eigenvalue weighted by molar-refractivity contribution is 0.0366. The van der Waals surface area contributed by atoms with E-state index in [4.69, 9.17) is 14.2 Å². The Hall–Kier alpha value is -1.10. The van der Waals surface area contributed by atoms with Crippen LogP contribution in [-0.4, -0.2) is 40.1 Å². The molecule has 1 aromatic rings. The van der Waals surface area contributed by atoms with Gasteiger partial charge in [-0.15, -0.1) is 0 Å². The van der Waals surface area contributed by atoms with Crippen molar-refractivity contribution in [2.75, 3.05) is 40.1 Å². The Kier molecular flexibility index (Phi) is 9.06. The number of benzene rings is 1. The van der Waals surface area contributed by atoms with Crippen LogP contribution < -0.4 is 10.1 Å². The lowest BCUT2D eigenvalue weighted by atomic mass is 10.2. The van der Waals surface area contributed by atoms with Crippen LogP contribution in [0.4, 0.5) is 0 Å². The van der Waals surface area contributed by atoms with Crippen LogP contribution in [0.5, 0.6) is 5.75 Å². The highest BCUT2D eigenvalue weighted by Gasteiger charge is 1.96. The van der Waals surface area contributed by atoms with Crippen LogP contribution >= 0.6 is 0 Å². The molecule has 0 atom stereocenters. The van der Waals surface area contributed by atoms with E-state index in [2.05, 4.69) is 18.3 Å². The molecule has 1 rings (SSSR count). The van der Waals surface area contributed by atoms with Gasteiger partial charge < -0.3 is 19.5 Å². The Balaban J connectivity index is 2.07. The van der Waals surface area contributed by atoms with Crippen molar-refractivity contribution in [1.82, 2.24) is 5.32 Å². The number of hydrogen-bond donors (Lipinski definition) is 1. The van der Waals surface area contributed by atoms with E-state index in [1.807, 2.05) is 25.2 Å². The summed E-state index contributed by atoms with van der Waals surface area (Å²) in [5, 5.41) is 3.12. The van der Waals surface area contributed by atoms with Gasteiger partial charge in [0, 0.05) is 13.2 Å². The van der Waals surface area contributed by atoms with E-state index >= 15 is 0 Å². The first kappa shape index (κ1) is 16.0. The SMILES string of the molecule is CCCOCCOCCOc1cccc(CNC)c1. The maximum atomic E-state index is 5.63. The minimum atomic E-state index is 0.566. The van der Waals surface area contributed by atoms with Crippen molar-refractivity contribution in [1.29, 1.82) is 0 Å². The second-order valence-corrected chi connectivity index (χ2v) is 4.25. The summed E-state index contributed by atoms with van der Waals surface area (Å²) in [6, 6.07) is 8.08. The number of hydrogen-bond acceptors (Lipinski definition) is 4. The van der Waals surface area contributed by atoms with Crippen molar-refractivity contribution in [3.63, 3.8) is 0 Å². The third-order valence-electron chi connectivity index (χ3n) is 2.50. The van der Waals surface area contributed by atoms with Gasteiger partial charge in [0.15, 0.2) is 0 Å². The van der Waals surface area contributed by atoms with E-state index in [-0.39, 0.29) is 0 Å². The summed E-state index contributed by atoms with van der Waals surface area (Å²) in [7, 11) is 1.93. The maximum absolute atomic E-state index is 5.63. The van der Waals surface area contributed by atoms with Crippen molar-refractivity contribution in [2.45, 2.75) is 19.9 Å². The Morgan fingerprint density at radius 3 is 2.47 bits per heavy atom. The Labute approximate surface area is 116 Å². The van der Waals surface area contributed by atoms with Crippen molar-refractivity contribution >= 4 is 0 Å². The molecule has 0 saturated carbocycles. The lowest BCUT2D eigenvalue weighted by Crippen LogP contribution is -2.11. The summed E-state index contributed by atoms with van der Waals surface area (Å²) in [5.41, 5.74) is 1.22. The number of ether oxygens (including phenoxy) is 3. The van der Waals surface area contributed by atoms with Crippen LogP contribution in [0.3, 0.4) is 0 Å². The molecule has 108 valence electrons. The summed E-state index contributed by atoms with van der Waals surface area (Å²) in [4.78, 5) is 0. The highest BCUT2D eigenvalue weighted by molar-refractivity contribution is 5.28. The smallest absolute Gasteiger partial charge is 0.119 e. The van der Waals surface area contributed by atoms with Gasteiger partial charge in [0.2, 0.25) is 0 Å². The Morgan fingerprint density at radius 1 is 1.00 bits per heavy atom. The first-order chi connectivity index (χ1) is 9.36. The van der Waals surface area contributed by atoms with Crippen LogP contribution in [0.1, 0.15) is 18.9 Å². The molecule has 0 aliphatic rings. The zero-order valence-electron chi connectivity index (χ0n) is 12.0. The first-order valence-corrected chi connectivity index (χ1v) is 6.88. The second-order valence-electron chi connectivity index (χ2n) is 4.25. The van der Waals surface area contributed by atoms with Crippen LogP contribution in [0, 0.1) is 0 Å². The molecule has 0 aliphatic carbocycles. The number of nitrogens with one attached hydrogen (secondary N) is 1. The van der Waals surface area contributed by atoms with Gasteiger partial charge in [0.25, 0.3) is 0 Å². The van der Waals surface area contributed by atoms with E-state index in [9.17, 15) is 0 Å². The highest BCUT2D eigenvalue weighted by Crippen LogP contribution is 2.12. The maximum Gasteiger partial charge on any atom is 0.119 e. The molecular weight excluding hydrogens is 242 g/mol. The fourth-order valence-corrected chi connectivity index (χ4v) is 1.63. The largest absolute Gasteiger partial charge is 0.491 e. The fourth-order valence-electron chi connectivity index (χ4n) is 1.63. The summed E-state index contributed by atoms with van der Waals surface area (Å²) >= 11 is 0. The zero-order chi connectivity index (χ0) is 13.8. The fraction of sp³-hybridized carbons (Fsp3) is 0.600. The van der Waals surface area contributed by atoms with Gasteiger partial charge in [-0.3, -0.25) is 0 Å². The highest BCUT2D eigenvalue weighted by atomic mass is 16.5. The average molecular weight is 267 g/mol. The molecule has 4 nitrogen and oxygen atoms in total. The normalized spacial score (nSPS) is 10.6. The van der Waals surface area contributed by atoms with Crippen molar-refractivity contribution in [3.8, 4) is 5.75 Å². The van der Waals surface area contributed by atoms with Gasteiger partial charge in [-0.25, -0.2) is 0 Å². The molecule has 0 aliphatic heterocycles. The van der Waals surface area contributed by atoms with Gasteiger partial charge in [-0.1, -0.05) is 19.1 Å². The van der Waals surface area contributed by atoms with Gasteiger partial charge >= 0.3 is 0 Å². The van der Waals surface area contributed by atoms with E-state index < -0.39 is 0 Å². The molecule has 19 heavy (non-hydrogen) atoms. The molecular formula is C15H25NO3. The van der Waals surface area contributed by atoms with Gasteiger partial charge in [-0.05, 0) is 31.2 Å². The molecule has 1 N–H and O–H groups in total. The minimum Gasteiger partial charge on any atom is -0.491 e. The summed E-state index contributed by atoms with van der Waals surface area (Å²) in [6.45, 7) is 6.19. The van der Waals surface area contributed by atoms with E-state index in [0.717, 1.165) is 25.3 Å². The zero-order valence-corrected chi connectivity index (χ0v) is 12.0. The van der Waals surface area contributed by atoms with Crippen LogP contribution in [-0.2, 0) is 16.0 Å². The second kappa shape index (κ2) is 10.8. The Bertz CT molecular complexity index is 331. The van der Waals surface area contributed by atoms with E-state index in [1.165, 1.54) is 5.56 Å². The predicted molar refractivity (Wildman–Crippen MR) is 76.6 cm³/mol. The molecule has 0 radical (unpaired) electrons. The van der Waals surface area contributed by atoms with E-state index in [0.29, 0.717) is 26.4 Å². The predicted octanol–water partition coefficient (Wildman–Crippen LogP) is 2.23. The molecule has 0 aromatic heterocycles. The molecule has 0 bridgehead atoms. The number of rotatable bonds is 11. The van der Waals surface area contributed by atoms with E-state index in [1.54, 1.807) is 0 Å². The average Bonchev–Trinajstić information content (AvgIpc) is 2.43. The monoisotopic (exact) mass is 267 g/mol. The molecule has 1 aromatic carbocycles. The van der Waals surface area contributed by atoms with Gasteiger partial charge in [0.1, 0.15) is 12.4 Å².